The minimum atomic E-state index is -0.159. The summed E-state index contributed by atoms with van der Waals surface area (Å²) in [5.74, 6) is 2.43. The number of thioether (sulfide) groups is 2. The van der Waals surface area contributed by atoms with E-state index in [-0.39, 0.29) is 6.10 Å². The predicted octanol–water partition coefficient (Wildman–Crippen LogP) is 3.61. The van der Waals surface area contributed by atoms with Gasteiger partial charge in [-0.1, -0.05) is 37.3 Å². The van der Waals surface area contributed by atoms with Gasteiger partial charge in [0.15, 0.2) is 0 Å². The third kappa shape index (κ3) is 3.94. The fourth-order valence-electron chi connectivity index (χ4n) is 2.42. The van der Waals surface area contributed by atoms with Gasteiger partial charge in [-0.15, -0.1) is 0 Å². The number of hydrogen-bond acceptors (Lipinski definition) is 3. The van der Waals surface area contributed by atoms with E-state index < -0.39 is 0 Å². The minimum Gasteiger partial charge on any atom is -0.392 e. The number of hydrogen-bond donors (Lipinski definition) is 1. The average molecular weight is 282 g/mol. The molecule has 0 amide bonds. The second-order valence-electron chi connectivity index (χ2n) is 4.74. The zero-order valence-electron chi connectivity index (χ0n) is 10.9. The summed E-state index contributed by atoms with van der Waals surface area (Å²) in [5.41, 5.74) is 1.33. The summed E-state index contributed by atoms with van der Waals surface area (Å²) in [6, 6.07) is 10.5. The zero-order chi connectivity index (χ0) is 12.8. The van der Waals surface area contributed by atoms with Gasteiger partial charge in [0.25, 0.3) is 0 Å². The van der Waals surface area contributed by atoms with Crippen molar-refractivity contribution in [3.05, 3.63) is 35.9 Å². The van der Waals surface area contributed by atoms with E-state index in [1.54, 1.807) is 0 Å². The first kappa shape index (κ1) is 14.3. The Hall–Kier alpha value is -0.120. The van der Waals surface area contributed by atoms with E-state index in [4.69, 9.17) is 0 Å². The largest absolute Gasteiger partial charge is 0.392 e. The summed E-state index contributed by atoms with van der Waals surface area (Å²) in [6.45, 7) is 2.24. The first-order valence-electron chi connectivity index (χ1n) is 6.76. The topological polar surface area (TPSA) is 20.2 Å². The Morgan fingerprint density at radius 2 is 1.94 bits per heavy atom. The van der Waals surface area contributed by atoms with Gasteiger partial charge in [-0.2, -0.15) is 23.5 Å². The van der Waals surface area contributed by atoms with Gasteiger partial charge < -0.3 is 5.11 Å². The molecule has 1 nitrogen and oxygen atoms in total. The van der Waals surface area contributed by atoms with Crippen LogP contribution in [0.5, 0.6) is 0 Å². The number of aryl methyl sites for hydroxylation is 1. The molecule has 1 aliphatic rings. The third-order valence-electron chi connectivity index (χ3n) is 3.45. The van der Waals surface area contributed by atoms with Crippen LogP contribution in [-0.4, -0.2) is 33.2 Å². The first-order valence-corrected chi connectivity index (χ1v) is 8.86. The fourth-order valence-corrected chi connectivity index (χ4v) is 5.61. The van der Waals surface area contributed by atoms with E-state index in [2.05, 4.69) is 31.2 Å². The molecule has 1 aromatic rings. The Labute approximate surface area is 119 Å². The van der Waals surface area contributed by atoms with Crippen molar-refractivity contribution in [1.29, 1.82) is 0 Å². The van der Waals surface area contributed by atoms with Crippen molar-refractivity contribution in [3.63, 3.8) is 0 Å². The third-order valence-corrected chi connectivity index (χ3v) is 6.84. The second-order valence-corrected chi connectivity index (χ2v) is 7.38. The molecular weight excluding hydrogens is 260 g/mol. The highest BCUT2D eigenvalue weighted by molar-refractivity contribution is 8.07. The van der Waals surface area contributed by atoms with Gasteiger partial charge in [-0.25, -0.2) is 0 Å². The number of aliphatic hydroxyl groups excluding tert-OH is 1. The molecule has 3 heteroatoms. The van der Waals surface area contributed by atoms with Crippen LogP contribution >= 0.6 is 23.5 Å². The maximum atomic E-state index is 10.4. The zero-order valence-corrected chi connectivity index (χ0v) is 12.6. The average Bonchev–Trinajstić information content (AvgIpc) is 2.45. The predicted molar refractivity (Wildman–Crippen MR) is 83.6 cm³/mol. The molecule has 3 unspecified atom stereocenters. The van der Waals surface area contributed by atoms with Crippen LogP contribution in [0.15, 0.2) is 30.3 Å². The second kappa shape index (κ2) is 7.46. The van der Waals surface area contributed by atoms with Crippen molar-refractivity contribution in [2.75, 3.05) is 11.5 Å². The monoisotopic (exact) mass is 282 g/mol. The lowest BCUT2D eigenvalue weighted by atomic mass is 10.0. The first-order chi connectivity index (χ1) is 8.81. The molecule has 1 aliphatic heterocycles. The summed E-state index contributed by atoms with van der Waals surface area (Å²) < 4.78 is 0. The number of benzene rings is 1. The van der Waals surface area contributed by atoms with Crippen LogP contribution in [-0.2, 0) is 6.42 Å². The van der Waals surface area contributed by atoms with Gasteiger partial charge in [0.2, 0.25) is 0 Å². The molecule has 0 radical (unpaired) electrons. The summed E-state index contributed by atoms with van der Waals surface area (Å²) in [7, 11) is 0. The lowest BCUT2D eigenvalue weighted by molar-refractivity contribution is 0.159. The van der Waals surface area contributed by atoms with Crippen LogP contribution in [0, 0.1) is 0 Å². The molecule has 0 aromatic heterocycles. The van der Waals surface area contributed by atoms with Gasteiger partial charge in [-0.05, 0) is 24.8 Å². The smallest absolute Gasteiger partial charge is 0.0672 e. The van der Waals surface area contributed by atoms with E-state index >= 15 is 0 Å². The van der Waals surface area contributed by atoms with Crippen LogP contribution in [0.2, 0.25) is 0 Å². The van der Waals surface area contributed by atoms with Crippen molar-refractivity contribution < 1.29 is 5.11 Å². The van der Waals surface area contributed by atoms with Gasteiger partial charge in [0.1, 0.15) is 0 Å². The highest BCUT2D eigenvalue weighted by Crippen LogP contribution is 2.36. The normalized spacial score (nSPS) is 25.9. The van der Waals surface area contributed by atoms with Crippen LogP contribution in [0.25, 0.3) is 0 Å². The van der Waals surface area contributed by atoms with E-state index in [1.807, 2.05) is 29.6 Å². The highest BCUT2D eigenvalue weighted by atomic mass is 32.2. The van der Waals surface area contributed by atoms with Crippen molar-refractivity contribution in [3.8, 4) is 0 Å². The minimum absolute atomic E-state index is 0.159. The van der Waals surface area contributed by atoms with Crippen molar-refractivity contribution in [2.24, 2.45) is 0 Å². The summed E-state index contributed by atoms with van der Waals surface area (Å²) in [5, 5.41) is 11.5. The number of rotatable bonds is 5. The van der Waals surface area contributed by atoms with E-state index in [0.717, 1.165) is 12.8 Å². The summed E-state index contributed by atoms with van der Waals surface area (Å²) in [4.78, 5) is 0. The van der Waals surface area contributed by atoms with Gasteiger partial charge in [0.05, 0.1) is 6.10 Å². The van der Waals surface area contributed by atoms with Crippen molar-refractivity contribution >= 4 is 23.5 Å². The molecule has 3 atom stereocenters. The highest BCUT2D eigenvalue weighted by Gasteiger charge is 2.30. The molecule has 1 saturated heterocycles. The quantitative estimate of drug-likeness (QED) is 0.891. The van der Waals surface area contributed by atoms with E-state index in [9.17, 15) is 5.11 Å². The van der Waals surface area contributed by atoms with Gasteiger partial charge in [0, 0.05) is 22.0 Å². The van der Waals surface area contributed by atoms with Crippen LogP contribution in [0.3, 0.4) is 0 Å². The van der Waals surface area contributed by atoms with Crippen LogP contribution in [0.4, 0.5) is 0 Å². The molecule has 18 heavy (non-hydrogen) atoms. The molecule has 0 spiro atoms. The molecule has 100 valence electrons. The molecule has 1 fully saturated rings. The molecule has 1 heterocycles. The van der Waals surface area contributed by atoms with E-state index in [0.29, 0.717) is 10.5 Å². The molecule has 1 N–H and O–H groups in total. The number of aliphatic hydroxyl groups is 1. The molecule has 2 rings (SSSR count). The maximum absolute atomic E-state index is 10.4. The van der Waals surface area contributed by atoms with Crippen molar-refractivity contribution in [1.82, 2.24) is 0 Å². The Kier molecular flexibility index (Phi) is 5.93. The van der Waals surface area contributed by atoms with Crippen molar-refractivity contribution in [2.45, 2.75) is 42.8 Å². The SMILES string of the molecule is CCC1SCCSC1C(O)CCc1ccccc1. The Morgan fingerprint density at radius 1 is 1.22 bits per heavy atom. The molecule has 0 aliphatic carbocycles. The summed E-state index contributed by atoms with van der Waals surface area (Å²) >= 11 is 4.01. The Balaban J connectivity index is 1.85. The standard InChI is InChI=1S/C15H22OS2/c1-2-14-15(18-11-10-17-14)13(16)9-8-12-6-4-3-5-7-12/h3-7,13-16H,2,8-11H2,1H3. The molecular formula is C15H22OS2. The van der Waals surface area contributed by atoms with Crippen LogP contribution < -0.4 is 0 Å². The fraction of sp³-hybridized carbons (Fsp3) is 0.600. The maximum Gasteiger partial charge on any atom is 0.0672 e. The van der Waals surface area contributed by atoms with Gasteiger partial charge >= 0.3 is 0 Å². The molecule has 0 bridgehead atoms. The molecule has 1 aromatic carbocycles. The lowest BCUT2D eigenvalue weighted by Crippen LogP contribution is -2.36. The van der Waals surface area contributed by atoms with E-state index in [1.165, 1.54) is 23.5 Å². The lowest BCUT2D eigenvalue weighted by Gasteiger charge is -2.33. The van der Waals surface area contributed by atoms with Crippen LogP contribution in [0.1, 0.15) is 25.3 Å². The van der Waals surface area contributed by atoms with Gasteiger partial charge in [-0.3, -0.25) is 0 Å². The molecule has 0 saturated carbocycles. The summed E-state index contributed by atoms with van der Waals surface area (Å²) in [6.07, 6.45) is 2.89. The Morgan fingerprint density at radius 3 is 2.67 bits per heavy atom. The Bertz CT molecular complexity index is 342.